The van der Waals surface area contributed by atoms with Gasteiger partial charge in [0.25, 0.3) is 0 Å². The number of carbonyl (C=O) groups is 1. The number of hydrogen-bond acceptors (Lipinski definition) is 10. The van der Waals surface area contributed by atoms with E-state index in [2.05, 4.69) is 0 Å². The van der Waals surface area contributed by atoms with Gasteiger partial charge in [-0.1, -0.05) is 36.4 Å². The van der Waals surface area contributed by atoms with Crippen molar-refractivity contribution in [1.29, 1.82) is 0 Å². The van der Waals surface area contributed by atoms with Crippen molar-refractivity contribution in [3.63, 3.8) is 0 Å². The third kappa shape index (κ3) is 4.87. The van der Waals surface area contributed by atoms with Gasteiger partial charge in [0.05, 0.1) is 5.56 Å². The first-order chi connectivity index (χ1) is 18.6. The number of ether oxygens (including phenoxy) is 2. The van der Waals surface area contributed by atoms with Crippen LogP contribution in [0.15, 0.2) is 66.7 Å². The zero-order chi connectivity index (χ0) is 27.8. The highest BCUT2D eigenvalue weighted by Crippen LogP contribution is 2.47. The minimum Gasteiger partial charge on any atom is -0.507 e. The number of benzene rings is 4. The van der Waals surface area contributed by atoms with Gasteiger partial charge < -0.3 is 45.2 Å². The molecule has 1 aliphatic rings. The van der Waals surface area contributed by atoms with Crippen molar-refractivity contribution >= 4 is 5.97 Å². The van der Waals surface area contributed by atoms with E-state index in [9.17, 15) is 40.5 Å². The average Bonchev–Trinajstić information content (AvgIpc) is 2.91. The monoisotopic (exact) mass is 532 g/mol. The molecule has 0 bridgehead atoms. The topological polar surface area (TPSA) is 177 Å². The molecule has 39 heavy (non-hydrogen) atoms. The number of esters is 1. The van der Waals surface area contributed by atoms with Crippen molar-refractivity contribution < 1.29 is 50.0 Å². The third-order valence-corrected chi connectivity index (χ3v) is 6.54. The molecule has 4 aromatic rings. The molecule has 1 heterocycles. The van der Waals surface area contributed by atoms with Crippen LogP contribution in [0.1, 0.15) is 38.7 Å². The number of phenolic OH excluding ortho intramolecular Hbond substituents is 7. The van der Waals surface area contributed by atoms with Crippen LogP contribution in [0.25, 0.3) is 0 Å². The summed E-state index contributed by atoms with van der Waals surface area (Å²) in [5, 5.41) is 70.6. The number of phenols is 7. The molecule has 0 fully saturated rings. The second-order valence-corrected chi connectivity index (χ2v) is 9.16. The summed E-state index contributed by atoms with van der Waals surface area (Å²) in [6, 6.07) is 16.2. The van der Waals surface area contributed by atoms with Gasteiger partial charge in [-0.15, -0.1) is 0 Å². The van der Waals surface area contributed by atoms with Gasteiger partial charge in [0.1, 0.15) is 23.4 Å². The second-order valence-electron chi connectivity index (χ2n) is 9.16. The Kier molecular flexibility index (Phi) is 6.45. The number of fused-ring (bicyclic) bond motifs is 1. The first-order valence-corrected chi connectivity index (χ1v) is 11.9. The van der Waals surface area contributed by atoms with E-state index < -0.39 is 41.2 Å². The fraction of sp³-hybridized carbons (Fsp3) is 0.138. The van der Waals surface area contributed by atoms with Crippen molar-refractivity contribution in [3.05, 3.63) is 94.5 Å². The molecule has 0 aliphatic carbocycles. The molecule has 0 radical (unpaired) electrons. The average molecular weight is 533 g/mol. The van der Waals surface area contributed by atoms with Gasteiger partial charge in [0, 0.05) is 35.6 Å². The van der Waals surface area contributed by atoms with Crippen LogP contribution in [0, 0.1) is 0 Å². The normalized spacial score (nSPS) is 16.2. The lowest BCUT2D eigenvalue weighted by Gasteiger charge is -2.35. The first-order valence-electron chi connectivity index (χ1n) is 11.9. The van der Waals surface area contributed by atoms with E-state index in [1.54, 1.807) is 0 Å². The summed E-state index contributed by atoms with van der Waals surface area (Å²) in [5.74, 6) is -4.36. The van der Waals surface area contributed by atoms with E-state index in [1.165, 1.54) is 24.3 Å². The summed E-state index contributed by atoms with van der Waals surface area (Å²) in [5.41, 5.74) is 1.58. The summed E-state index contributed by atoms with van der Waals surface area (Å²) in [6.45, 7) is 0. The third-order valence-electron chi connectivity index (χ3n) is 6.54. The van der Waals surface area contributed by atoms with E-state index in [-0.39, 0.29) is 47.0 Å². The summed E-state index contributed by atoms with van der Waals surface area (Å²) < 4.78 is 11.9. The molecular weight excluding hydrogens is 508 g/mol. The molecule has 0 unspecified atom stereocenters. The Labute approximate surface area is 221 Å². The summed E-state index contributed by atoms with van der Waals surface area (Å²) in [4.78, 5) is 13.0. The van der Waals surface area contributed by atoms with Gasteiger partial charge in [0.15, 0.2) is 34.9 Å². The Morgan fingerprint density at radius 2 is 1.46 bits per heavy atom. The predicted octanol–water partition coefficient (Wildman–Crippen LogP) is 4.12. The number of aromatic hydroxyl groups is 7. The smallest absolute Gasteiger partial charge is 0.338 e. The molecule has 10 nitrogen and oxygen atoms in total. The Hall–Kier alpha value is -5.25. The first kappa shape index (κ1) is 25.4. The second kappa shape index (κ2) is 9.90. The van der Waals surface area contributed by atoms with Gasteiger partial charge in [0.2, 0.25) is 0 Å². The van der Waals surface area contributed by atoms with Crippen LogP contribution >= 0.6 is 0 Å². The molecule has 0 saturated heterocycles. The minimum absolute atomic E-state index is 0.0721. The maximum Gasteiger partial charge on any atom is 0.338 e. The fourth-order valence-corrected chi connectivity index (χ4v) is 4.57. The SMILES string of the molecule is O=C(O[C@H]1Cc2c(O)cc(O)c(Cc3ccccc3)c2O[C@H]1c1ccc(O)c(O)c1)c1cc(O)c(O)c(O)c1. The zero-order valence-electron chi connectivity index (χ0n) is 20.3. The number of hydrogen-bond donors (Lipinski definition) is 7. The summed E-state index contributed by atoms with van der Waals surface area (Å²) in [6.07, 6.45) is -1.98. The highest BCUT2D eigenvalue weighted by Gasteiger charge is 2.38. The van der Waals surface area contributed by atoms with Crippen molar-refractivity contribution in [2.24, 2.45) is 0 Å². The van der Waals surface area contributed by atoms with Gasteiger partial charge in [-0.25, -0.2) is 4.79 Å². The molecule has 10 heteroatoms. The molecule has 5 rings (SSSR count). The number of carbonyl (C=O) groups excluding carboxylic acids is 1. The van der Waals surface area contributed by atoms with Crippen molar-refractivity contribution in [1.82, 2.24) is 0 Å². The lowest BCUT2D eigenvalue weighted by atomic mass is 9.90. The van der Waals surface area contributed by atoms with E-state index >= 15 is 0 Å². The van der Waals surface area contributed by atoms with Crippen LogP contribution in [-0.4, -0.2) is 47.8 Å². The largest absolute Gasteiger partial charge is 0.507 e. The predicted molar refractivity (Wildman–Crippen MR) is 137 cm³/mol. The van der Waals surface area contributed by atoms with Crippen LogP contribution in [0.2, 0.25) is 0 Å². The molecule has 0 spiro atoms. The van der Waals surface area contributed by atoms with Crippen LogP contribution in [0.3, 0.4) is 0 Å². The fourth-order valence-electron chi connectivity index (χ4n) is 4.57. The van der Waals surface area contributed by atoms with E-state index in [1.807, 2.05) is 30.3 Å². The molecule has 0 amide bonds. The molecule has 0 aromatic heterocycles. The Morgan fingerprint density at radius 3 is 2.13 bits per heavy atom. The quantitative estimate of drug-likeness (QED) is 0.146. The molecule has 1 aliphatic heterocycles. The Bertz CT molecular complexity index is 1540. The van der Waals surface area contributed by atoms with Crippen molar-refractivity contribution in [2.75, 3.05) is 0 Å². The van der Waals surface area contributed by atoms with Crippen molar-refractivity contribution in [2.45, 2.75) is 25.0 Å². The zero-order valence-corrected chi connectivity index (χ0v) is 20.3. The van der Waals surface area contributed by atoms with Crippen LogP contribution in [0.5, 0.6) is 46.0 Å². The maximum absolute atomic E-state index is 13.0. The van der Waals surface area contributed by atoms with Crippen LogP contribution in [-0.2, 0) is 17.6 Å². The Balaban J connectivity index is 1.57. The van der Waals surface area contributed by atoms with E-state index in [0.717, 1.165) is 17.7 Å². The molecule has 200 valence electrons. The molecular formula is C29H24O10. The number of rotatable bonds is 5. The molecule has 4 aromatic carbocycles. The van der Waals surface area contributed by atoms with Gasteiger partial charge in [-0.2, -0.15) is 0 Å². The van der Waals surface area contributed by atoms with E-state index in [0.29, 0.717) is 11.1 Å². The highest BCUT2D eigenvalue weighted by atomic mass is 16.6. The van der Waals surface area contributed by atoms with E-state index in [4.69, 9.17) is 9.47 Å². The van der Waals surface area contributed by atoms with Crippen LogP contribution < -0.4 is 4.74 Å². The lowest BCUT2D eigenvalue weighted by Crippen LogP contribution is -2.35. The summed E-state index contributed by atoms with van der Waals surface area (Å²) >= 11 is 0. The van der Waals surface area contributed by atoms with Crippen LogP contribution in [0.4, 0.5) is 0 Å². The Morgan fingerprint density at radius 1 is 0.769 bits per heavy atom. The highest BCUT2D eigenvalue weighted by molar-refractivity contribution is 5.91. The summed E-state index contributed by atoms with van der Waals surface area (Å²) in [7, 11) is 0. The lowest BCUT2D eigenvalue weighted by molar-refractivity contribution is -0.0192. The van der Waals surface area contributed by atoms with Crippen molar-refractivity contribution in [3.8, 4) is 46.0 Å². The molecule has 7 N–H and O–H groups in total. The maximum atomic E-state index is 13.0. The van der Waals surface area contributed by atoms with Gasteiger partial charge in [-0.3, -0.25) is 0 Å². The molecule has 0 saturated carbocycles. The molecule has 2 atom stereocenters. The minimum atomic E-state index is -1.10. The van der Waals surface area contributed by atoms with Gasteiger partial charge in [-0.05, 0) is 29.8 Å². The standard InChI is InChI=1S/C29H24O10/c30-19-7-6-15(9-22(19)33)27-25(38-29(37)16-10-23(34)26(36)24(35)11-16)12-18-21(32)13-20(31)17(28(18)39-27)8-14-4-2-1-3-5-14/h1-7,9-11,13,25,27,30-36H,8,12H2/t25-,27-/m0/s1. The van der Waals surface area contributed by atoms with Gasteiger partial charge >= 0.3 is 5.97 Å².